The Bertz CT molecular complexity index is 632. The fourth-order valence-corrected chi connectivity index (χ4v) is 3.85. The van der Waals surface area contributed by atoms with Crippen LogP contribution >= 0.6 is 0 Å². The molecule has 0 aliphatic carbocycles. The first-order chi connectivity index (χ1) is 11.7. The first kappa shape index (κ1) is 16.7. The third kappa shape index (κ3) is 3.51. The molecule has 1 aromatic heterocycles. The molecule has 0 bridgehead atoms. The van der Waals surface area contributed by atoms with Crippen LogP contribution in [-0.4, -0.2) is 53.7 Å². The van der Waals surface area contributed by atoms with Crippen molar-refractivity contribution in [2.24, 2.45) is 5.41 Å². The molecule has 3 rings (SSSR count). The molecule has 6 heteroatoms. The molecule has 0 saturated carbocycles. The van der Waals surface area contributed by atoms with Gasteiger partial charge in [0.05, 0.1) is 11.6 Å². The molecule has 3 heterocycles. The van der Waals surface area contributed by atoms with E-state index >= 15 is 0 Å². The molecule has 2 fully saturated rings. The van der Waals surface area contributed by atoms with Crippen LogP contribution in [0.2, 0.25) is 0 Å². The Kier molecular flexibility index (Phi) is 5.00. The van der Waals surface area contributed by atoms with Gasteiger partial charge in [0.2, 0.25) is 5.91 Å². The minimum absolute atomic E-state index is 0.130. The summed E-state index contributed by atoms with van der Waals surface area (Å²) in [6, 6.07) is 5.73. The molecule has 1 spiro atoms. The second kappa shape index (κ2) is 7.18. The summed E-state index contributed by atoms with van der Waals surface area (Å²) < 4.78 is 0. The third-order valence-corrected chi connectivity index (χ3v) is 5.36. The van der Waals surface area contributed by atoms with Crippen molar-refractivity contribution >= 4 is 11.7 Å². The van der Waals surface area contributed by atoms with Gasteiger partial charge in [-0.3, -0.25) is 4.79 Å². The van der Waals surface area contributed by atoms with E-state index in [0.29, 0.717) is 24.9 Å². The van der Waals surface area contributed by atoms with E-state index in [0.717, 1.165) is 44.7 Å². The van der Waals surface area contributed by atoms with E-state index in [2.05, 4.69) is 16.0 Å². The van der Waals surface area contributed by atoms with Gasteiger partial charge in [-0.25, -0.2) is 4.98 Å². The molecular weight excluding hydrogens is 304 g/mol. The summed E-state index contributed by atoms with van der Waals surface area (Å²) >= 11 is 0. The van der Waals surface area contributed by atoms with Crippen LogP contribution in [0.3, 0.4) is 0 Å². The highest BCUT2D eigenvalue weighted by Gasteiger charge is 2.40. The predicted molar refractivity (Wildman–Crippen MR) is 90.3 cm³/mol. The molecule has 1 aromatic rings. The van der Waals surface area contributed by atoms with Crippen molar-refractivity contribution in [1.82, 2.24) is 9.88 Å². The zero-order chi connectivity index (χ0) is 17.0. The van der Waals surface area contributed by atoms with Gasteiger partial charge in [0.25, 0.3) is 0 Å². The quantitative estimate of drug-likeness (QED) is 0.907. The van der Waals surface area contributed by atoms with Crippen molar-refractivity contribution in [3.05, 3.63) is 23.9 Å². The molecular formula is C18H24N4O2. The smallest absolute Gasteiger partial charge is 0.222 e. The SMILES string of the molecule is N#Cc1ccnc(N2CCC3(CCC(=O)N(CCCO)C3)CC2)c1. The molecule has 2 aliphatic heterocycles. The molecule has 128 valence electrons. The van der Waals surface area contributed by atoms with Crippen molar-refractivity contribution in [1.29, 1.82) is 5.26 Å². The monoisotopic (exact) mass is 328 g/mol. The molecule has 2 saturated heterocycles. The molecule has 1 amide bonds. The highest BCUT2D eigenvalue weighted by molar-refractivity contribution is 5.77. The van der Waals surface area contributed by atoms with Gasteiger partial charge in [-0.1, -0.05) is 0 Å². The number of aromatic nitrogens is 1. The zero-order valence-corrected chi connectivity index (χ0v) is 13.9. The summed E-state index contributed by atoms with van der Waals surface area (Å²) in [5.74, 6) is 1.09. The lowest BCUT2D eigenvalue weighted by atomic mass is 9.72. The average Bonchev–Trinajstić information content (AvgIpc) is 2.63. The van der Waals surface area contributed by atoms with Crippen molar-refractivity contribution in [3.63, 3.8) is 0 Å². The molecule has 0 radical (unpaired) electrons. The van der Waals surface area contributed by atoms with Crippen molar-refractivity contribution in [2.45, 2.75) is 32.1 Å². The molecule has 6 nitrogen and oxygen atoms in total. The van der Waals surface area contributed by atoms with Gasteiger partial charge < -0.3 is 14.9 Å². The number of carbonyl (C=O) groups is 1. The number of piperidine rings is 2. The van der Waals surface area contributed by atoms with E-state index < -0.39 is 0 Å². The Morgan fingerprint density at radius 1 is 1.33 bits per heavy atom. The Balaban J connectivity index is 1.63. The van der Waals surface area contributed by atoms with Crippen LogP contribution in [0.1, 0.15) is 37.7 Å². The minimum atomic E-state index is 0.130. The number of hydrogen-bond acceptors (Lipinski definition) is 5. The molecule has 0 aromatic carbocycles. The minimum Gasteiger partial charge on any atom is -0.396 e. The van der Waals surface area contributed by atoms with E-state index in [4.69, 9.17) is 10.4 Å². The maximum atomic E-state index is 12.1. The first-order valence-corrected chi connectivity index (χ1v) is 8.66. The fraction of sp³-hybridized carbons (Fsp3) is 0.611. The predicted octanol–water partition coefficient (Wildman–Crippen LogP) is 1.54. The summed E-state index contributed by atoms with van der Waals surface area (Å²) in [6.45, 7) is 3.41. The van der Waals surface area contributed by atoms with Crippen LogP contribution in [0.25, 0.3) is 0 Å². The van der Waals surface area contributed by atoms with Gasteiger partial charge in [-0.15, -0.1) is 0 Å². The summed E-state index contributed by atoms with van der Waals surface area (Å²) in [5.41, 5.74) is 0.839. The molecule has 2 aliphatic rings. The van der Waals surface area contributed by atoms with Crippen molar-refractivity contribution in [2.75, 3.05) is 37.7 Å². The zero-order valence-electron chi connectivity index (χ0n) is 13.9. The Morgan fingerprint density at radius 2 is 2.12 bits per heavy atom. The Labute approximate surface area is 142 Å². The topological polar surface area (TPSA) is 80.5 Å². The lowest BCUT2D eigenvalue weighted by molar-refractivity contribution is -0.138. The number of nitrogens with zero attached hydrogens (tertiary/aromatic N) is 4. The van der Waals surface area contributed by atoms with Crippen molar-refractivity contribution < 1.29 is 9.90 Å². The van der Waals surface area contributed by atoms with Gasteiger partial charge in [-0.05, 0) is 43.2 Å². The number of amides is 1. The number of aliphatic hydroxyl groups excluding tert-OH is 1. The largest absolute Gasteiger partial charge is 0.396 e. The van der Waals surface area contributed by atoms with Gasteiger partial charge in [-0.2, -0.15) is 5.26 Å². The van der Waals surface area contributed by atoms with Crippen LogP contribution < -0.4 is 4.90 Å². The molecule has 24 heavy (non-hydrogen) atoms. The highest BCUT2D eigenvalue weighted by atomic mass is 16.3. The number of anilines is 1. The molecule has 1 N–H and O–H groups in total. The standard InChI is InChI=1S/C18H24N4O2/c19-13-15-3-7-20-16(12-15)21-9-5-18(6-10-21)4-2-17(24)22(14-18)8-1-11-23/h3,7,12,23H,1-2,4-6,8-11,14H2. The van der Waals surface area contributed by atoms with Crippen LogP contribution in [0.15, 0.2) is 18.3 Å². The van der Waals surface area contributed by atoms with Crippen LogP contribution in [0.4, 0.5) is 5.82 Å². The summed E-state index contributed by atoms with van der Waals surface area (Å²) in [7, 11) is 0. The number of nitriles is 1. The second-order valence-corrected chi connectivity index (χ2v) is 6.89. The number of carbonyl (C=O) groups excluding carboxylic acids is 1. The summed E-state index contributed by atoms with van der Waals surface area (Å²) in [5, 5.41) is 18.0. The number of likely N-dealkylation sites (tertiary alicyclic amines) is 1. The van der Waals surface area contributed by atoms with Gasteiger partial charge >= 0.3 is 0 Å². The average molecular weight is 328 g/mol. The highest BCUT2D eigenvalue weighted by Crippen LogP contribution is 2.40. The van der Waals surface area contributed by atoms with Crippen molar-refractivity contribution in [3.8, 4) is 6.07 Å². The lowest BCUT2D eigenvalue weighted by Gasteiger charge is -2.47. The Morgan fingerprint density at radius 3 is 2.83 bits per heavy atom. The second-order valence-electron chi connectivity index (χ2n) is 6.89. The number of rotatable bonds is 4. The van der Waals surface area contributed by atoms with E-state index in [1.54, 1.807) is 12.3 Å². The maximum absolute atomic E-state index is 12.1. The summed E-state index contributed by atoms with van der Waals surface area (Å²) in [6.07, 6.45) is 5.99. The third-order valence-electron chi connectivity index (χ3n) is 5.36. The van der Waals surface area contributed by atoms with Gasteiger partial charge in [0, 0.05) is 45.4 Å². The fourth-order valence-electron chi connectivity index (χ4n) is 3.85. The molecule has 0 atom stereocenters. The van der Waals surface area contributed by atoms with Crippen LogP contribution in [-0.2, 0) is 4.79 Å². The number of hydrogen-bond donors (Lipinski definition) is 1. The van der Waals surface area contributed by atoms with Gasteiger partial charge in [0.1, 0.15) is 5.82 Å². The van der Waals surface area contributed by atoms with Gasteiger partial charge in [0.15, 0.2) is 0 Å². The summed E-state index contributed by atoms with van der Waals surface area (Å²) in [4.78, 5) is 20.6. The lowest BCUT2D eigenvalue weighted by Crippen LogP contribution is -2.51. The maximum Gasteiger partial charge on any atom is 0.222 e. The van der Waals surface area contributed by atoms with E-state index in [1.165, 1.54) is 0 Å². The van der Waals surface area contributed by atoms with E-state index in [-0.39, 0.29) is 17.9 Å². The first-order valence-electron chi connectivity index (χ1n) is 8.66. The van der Waals surface area contributed by atoms with Crippen LogP contribution in [0.5, 0.6) is 0 Å². The van der Waals surface area contributed by atoms with E-state index in [1.807, 2.05) is 11.0 Å². The normalized spacial score (nSPS) is 20.2. The van der Waals surface area contributed by atoms with Crippen LogP contribution in [0, 0.1) is 16.7 Å². The number of aliphatic hydroxyl groups is 1. The van der Waals surface area contributed by atoms with E-state index in [9.17, 15) is 4.79 Å². The number of pyridine rings is 1. The Hall–Kier alpha value is -2.13. The molecule has 0 unspecified atom stereocenters.